The summed E-state index contributed by atoms with van der Waals surface area (Å²) in [7, 11) is 0. The van der Waals surface area contributed by atoms with Crippen molar-refractivity contribution in [1.29, 1.82) is 0 Å². The van der Waals surface area contributed by atoms with E-state index in [1.54, 1.807) is 0 Å². The number of benzene rings is 7. The van der Waals surface area contributed by atoms with Crippen LogP contribution >= 0.6 is 22.7 Å². The summed E-state index contributed by atoms with van der Waals surface area (Å²) in [6, 6.07) is 50.3. The number of fused-ring (bicyclic) bond motifs is 10. The molecule has 13 rings (SSSR count). The van der Waals surface area contributed by atoms with Crippen LogP contribution in [0, 0.1) is 27.7 Å². The van der Waals surface area contributed by atoms with E-state index in [1.807, 2.05) is 22.7 Å². The molecule has 11 aromatic rings. The molecule has 0 spiro atoms. The first-order valence-corrected chi connectivity index (χ1v) is 27.2. The minimum absolute atomic E-state index is 0.0827. The number of furan rings is 2. The van der Waals surface area contributed by atoms with Gasteiger partial charge in [-0.25, -0.2) is 0 Å². The van der Waals surface area contributed by atoms with Crippen LogP contribution in [0.3, 0.4) is 0 Å². The normalized spacial score (nSPS) is 13.6. The monoisotopic (exact) mass is 974 g/mol. The second-order valence-corrected chi connectivity index (χ2v) is 25.1. The van der Waals surface area contributed by atoms with Gasteiger partial charge in [-0.15, -0.1) is 22.7 Å². The van der Waals surface area contributed by atoms with Gasteiger partial charge < -0.3 is 8.83 Å². The maximum Gasteiger partial charge on any atom is 0.262 e. The summed E-state index contributed by atoms with van der Waals surface area (Å²) >= 11 is 3.73. The van der Waals surface area contributed by atoms with Crippen molar-refractivity contribution in [3.63, 3.8) is 0 Å². The quantitative estimate of drug-likeness (QED) is 0.161. The number of aryl methyl sites for hydroxylation is 2. The predicted octanol–water partition coefficient (Wildman–Crippen LogP) is 18.0. The molecule has 0 unspecified atom stereocenters. The molecule has 4 nitrogen and oxygen atoms in total. The van der Waals surface area contributed by atoms with Gasteiger partial charge in [-0.05, 0) is 171 Å². The third-order valence-electron chi connectivity index (χ3n) is 15.8. The molecule has 0 saturated carbocycles. The molecule has 7 aromatic carbocycles. The maximum atomic E-state index is 7.49. The molecule has 0 N–H and O–H groups in total. The smallest absolute Gasteiger partial charge is 0.262 e. The van der Waals surface area contributed by atoms with Crippen LogP contribution in [0.25, 0.3) is 63.0 Å². The highest BCUT2D eigenvalue weighted by atomic mass is 32.1. The van der Waals surface area contributed by atoms with Crippen molar-refractivity contribution in [2.45, 2.75) is 99.8 Å². The largest absolute Gasteiger partial charge is 0.440 e. The van der Waals surface area contributed by atoms with Gasteiger partial charge >= 0.3 is 0 Å². The van der Waals surface area contributed by atoms with Crippen LogP contribution in [0.15, 0.2) is 142 Å². The van der Waals surface area contributed by atoms with Crippen LogP contribution in [0.2, 0.25) is 0 Å². The first-order chi connectivity index (χ1) is 34.4. The zero-order valence-electron chi connectivity index (χ0n) is 43.4. The molecule has 72 heavy (non-hydrogen) atoms. The van der Waals surface area contributed by atoms with Crippen LogP contribution in [0.1, 0.15) is 100 Å². The Hall–Kier alpha value is -6.80. The summed E-state index contributed by atoms with van der Waals surface area (Å²) < 4.78 is 17.6. The van der Waals surface area contributed by atoms with E-state index in [2.05, 4.69) is 226 Å². The highest BCUT2D eigenvalue weighted by Gasteiger charge is 2.50. The molecule has 356 valence electrons. The Morgan fingerprint density at radius 3 is 1.32 bits per heavy atom. The van der Waals surface area contributed by atoms with Gasteiger partial charge in [-0.1, -0.05) is 128 Å². The van der Waals surface area contributed by atoms with E-state index in [1.165, 1.54) is 96.4 Å². The highest BCUT2D eigenvalue weighted by Crippen LogP contribution is 2.53. The number of hydrogen-bond acceptors (Lipinski definition) is 6. The summed E-state index contributed by atoms with van der Waals surface area (Å²) in [5.74, 6) is 1.98. The summed E-state index contributed by atoms with van der Waals surface area (Å²) in [4.78, 5) is 7.58. The van der Waals surface area contributed by atoms with Crippen molar-refractivity contribution in [2.24, 2.45) is 0 Å². The van der Waals surface area contributed by atoms with Crippen LogP contribution in [-0.4, -0.2) is 6.71 Å². The number of hydrogen-bond donors (Lipinski definition) is 0. The fourth-order valence-electron chi connectivity index (χ4n) is 11.9. The van der Waals surface area contributed by atoms with Crippen molar-refractivity contribution < 1.29 is 8.83 Å². The zero-order chi connectivity index (χ0) is 49.9. The third-order valence-corrected chi connectivity index (χ3v) is 18.1. The van der Waals surface area contributed by atoms with E-state index in [0.717, 1.165) is 56.5 Å². The number of nitrogens with zero attached hydrogens (tertiary/aromatic N) is 2. The summed E-state index contributed by atoms with van der Waals surface area (Å²) in [6.45, 7) is 27.5. The lowest BCUT2D eigenvalue weighted by Crippen LogP contribution is -2.61. The summed E-state index contributed by atoms with van der Waals surface area (Å²) in [5, 5.41) is 4.83. The van der Waals surface area contributed by atoms with Crippen molar-refractivity contribution in [3.8, 4) is 20.9 Å². The Labute approximate surface area is 431 Å². The van der Waals surface area contributed by atoms with Crippen LogP contribution in [0.5, 0.6) is 0 Å². The van der Waals surface area contributed by atoms with Gasteiger partial charge in [0.1, 0.15) is 11.2 Å². The molecular weight excluding hydrogens is 916 g/mol. The van der Waals surface area contributed by atoms with Crippen LogP contribution < -0.4 is 26.2 Å². The van der Waals surface area contributed by atoms with Crippen molar-refractivity contribution in [3.05, 3.63) is 172 Å². The molecule has 6 heterocycles. The van der Waals surface area contributed by atoms with E-state index in [4.69, 9.17) is 8.83 Å². The van der Waals surface area contributed by atoms with E-state index in [9.17, 15) is 0 Å². The second kappa shape index (κ2) is 15.9. The fourth-order valence-corrected chi connectivity index (χ4v) is 14.2. The van der Waals surface area contributed by atoms with E-state index < -0.39 is 0 Å². The number of rotatable bonds is 5. The standard InChI is InChI=1S/C65H59BN2O2S2/c1-35(2)42-29-49-59-50(30-42)68(61-37(4)22-26-46(39(61)6)56-32-41-18-14-16-20-54(41)72-56)63-58(48-34-44(65(10,11)12)24-28-52(48)70-63)66(59)57-47-33-43(64(7,8)9)23-27-51(47)69-62(57)67(49)60-36(3)21-25-45(38(60)5)55-31-40-17-13-15-19-53(40)71-55/h13-35H,1-12H3. The minimum Gasteiger partial charge on any atom is -0.440 e. The van der Waals surface area contributed by atoms with Gasteiger partial charge in [0.2, 0.25) is 11.8 Å². The van der Waals surface area contributed by atoms with Crippen LogP contribution in [0.4, 0.5) is 34.5 Å². The molecule has 0 fully saturated rings. The molecule has 0 radical (unpaired) electrons. The van der Waals surface area contributed by atoms with E-state index >= 15 is 0 Å². The Balaban J connectivity index is 1.18. The first kappa shape index (κ1) is 45.1. The average Bonchev–Trinajstić information content (AvgIpc) is 4.14. The topological polar surface area (TPSA) is 32.8 Å². The summed E-state index contributed by atoms with van der Waals surface area (Å²) in [5.41, 5.74) is 21.0. The van der Waals surface area contributed by atoms with Crippen molar-refractivity contribution in [1.82, 2.24) is 0 Å². The van der Waals surface area contributed by atoms with Gasteiger partial charge in [0.15, 0.2) is 0 Å². The van der Waals surface area contributed by atoms with E-state index in [-0.39, 0.29) is 23.5 Å². The lowest BCUT2D eigenvalue weighted by atomic mass is 9.33. The summed E-state index contributed by atoms with van der Waals surface area (Å²) in [6.07, 6.45) is 0. The molecule has 0 amide bonds. The van der Waals surface area contributed by atoms with Crippen molar-refractivity contribution >= 4 is 122 Å². The van der Waals surface area contributed by atoms with Gasteiger partial charge in [-0.3, -0.25) is 9.80 Å². The highest BCUT2D eigenvalue weighted by molar-refractivity contribution is 7.22. The SMILES string of the molecule is Cc1ccc(-c2cc3ccccc3s2)c(C)c1N1c2cc(C(C)C)cc3c2B(c2c1oc1ccc(C(C)(C)C)cc21)c1c(oc2ccc(C(C)(C)C)cc12)N3c1c(C)ccc(-c2cc3ccccc3s2)c1C. The van der Waals surface area contributed by atoms with Crippen molar-refractivity contribution in [2.75, 3.05) is 9.80 Å². The lowest BCUT2D eigenvalue weighted by molar-refractivity contribution is 0.589. The Morgan fingerprint density at radius 2 is 0.917 bits per heavy atom. The molecule has 0 saturated heterocycles. The fraction of sp³-hybridized carbons (Fsp3) is 0.231. The average molecular weight is 975 g/mol. The predicted molar refractivity (Wildman–Crippen MR) is 312 cm³/mol. The van der Waals surface area contributed by atoms with E-state index in [0.29, 0.717) is 0 Å². The second-order valence-electron chi connectivity index (χ2n) is 22.9. The molecule has 2 aliphatic rings. The molecule has 0 atom stereocenters. The Morgan fingerprint density at radius 1 is 0.486 bits per heavy atom. The molecule has 0 bridgehead atoms. The Bertz CT molecular complexity index is 3750. The lowest BCUT2D eigenvalue weighted by Gasteiger charge is -2.42. The van der Waals surface area contributed by atoms with Gasteiger partial charge in [-0.2, -0.15) is 0 Å². The zero-order valence-corrected chi connectivity index (χ0v) is 45.0. The van der Waals surface area contributed by atoms with Gasteiger partial charge in [0.05, 0.1) is 11.4 Å². The molecule has 2 aliphatic heterocycles. The van der Waals surface area contributed by atoms with Gasteiger partial charge in [0, 0.05) is 52.2 Å². The van der Waals surface area contributed by atoms with Crippen LogP contribution in [-0.2, 0) is 10.8 Å². The van der Waals surface area contributed by atoms with Gasteiger partial charge in [0.25, 0.3) is 6.71 Å². The Kier molecular flexibility index (Phi) is 9.93. The number of thiophene rings is 2. The molecule has 0 aliphatic carbocycles. The number of anilines is 6. The third kappa shape index (κ3) is 6.69. The first-order valence-electron chi connectivity index (χ1n) is 25.5. The molecule has 4 aromatic heterocycles. The molecular formula is C65H59BN2O2S2. The molecule has 7 heteroatoms. The maximum absolute atomic E-state index is 7.49. The minimum atomic E-state index is -0.209.